The van der Waals surface area contributed by atoms with E-state index in [1.54, 1.807) is 16.8 Å². The van der Waals surface area contributed by atoms with Crippen LogP contribution in [0.5, 0.6) is 0 Å². The number of nitrogens with one attached hydrogen (secondary N) is 2. The highest BCUT2D eigenvalue weighted by Crippen LogP contribution is 2.31. The fourth-order valence-corrected chi connectivity index (χ4v) is 4.08. The number of aromatic nitrogens is 4. The van der Waals surface area contributed by atoms with Crippen molar-refractivity contribution in [2.75, 3.05) is 5.32 Å². The van der Waals surface area contributed by atoms with Gasteiger partial charge in [0.1, 0.15) is 17.3 Å². The molecule has 0 unspecified atom stereocenters. The molecule has 3 heterocycles. The third kappa shape index (κ3) is 2.62. The summed E-state index contributed by atoms with van der Waals surface area (Å²) in [4.78, 5) is 25.1. The molecule has 0 atom stereocenters. The second-order valence-electron chi connectivity index (χ2n) is 7.13. The summed E-state index contributed by atoms with van der Waals surface area (Å²) in [5.41, 5.74) is 2.36. The number of nitrogens with zero attached hydrogens (tertiary/aromatic N) is 4. The molecule has 2 N–H and O–H groups in total. The van der Waals surface area contributed by atoms with Gasteiger partial charge in [-0.1, -0.05) is 18.9 Å². The Labute approximate surface area is 160 Å². The van der Waals surface area contributed by atoms with Crippen molar-refractivity contribution in [2.24, 2.45) is 0 Å². The predicted octanol–water partition coefficient (Wildman–Crippen LogP) is 4.00. The Hall–Kier alpha value is -3.66. The quantitative estimate of drug-likeness (QED) is 0.568. The van der Waals surface area contributed by atoms with Gasteiger partial charge in [0.2, 0.25) is 5.95 Å². The van der Waals surface area contributed by atoms with Gasteiger partial charge in [0, 0.05) is 34.7 Å². The first-order valence-electron chi connectivity index (χ1n) is 9.40. The topological polar surface area (TPSA) is 99.4 Å². The van der Waals surface area contributed by atoms with Gasteiger partial charge in [0.05, 0.1) is 5.69 Å². The Morgan fingerprint density at radius 3 is 2.93 bits per heavy atom. The van der Waals surface area contributed by atoms with Crippen molar-refractivity contribution in [3.63, 3.8) is 0 Å². The highest BCUT2D eigenvalue weighted by molar-refractivity contribution is 5.93. The minimum atomic E-state index is -0.265. The first-order chi connectivity index (χ1) is 13.7. The average Bonchev–Trinajstić information content (AvgIpc) is 3.40. The molecule has 0 radical (unpaired) electrons. The number of hydrogen-bond acceptors (Lipinski definition) is 5. The monoisotopic (exact) mass is 370 g/mol. The van der Waals surface area contributed by atoms with E-state index in [9.17, 15) is 10.1 Å². The van der Waals surface area contributed by atoms with E-state index in [1.165, 1.54) is 0 Å². The average molecular weight is 370 g/mol. The van der Waals surface area contributed by atoms with Crippen molar-refractivity contribution < 1.29 is 0 Å². The molecule has 1 aromatic carbocycles. The Kier molecular flexibility index (Phi) is 3.83. The van der Waals surface area contributed by atoms with Crippen LogP contribution >= 0.6 is 0 Å². The summed E-state index contributed by atoms with van der Waals surface area (Å²) >= 11 is 0. The second kappa shape index (κ2) is 6.50. The fourth-order valence-electron chi connectivity index (χ4n) is 4.08. The summed E-state index contributed by atoms with van der Waals surface area (Å²) in [6.07, 6.45) is 7.59. The molecule has 4 aromatic rings. The SMILES string of the molecule is N#Cc1cc2cnc(Nc3cccc4[nH]ccc34)nc2n(C2CCCC2)c1=O. The summed E-state index contributed by atoms with van der Waals surface area (Å²) in [6.45, 7) is 0. The lowest BCUT2D eigenvalue weighted by atomic mass is 10.2. The molecule has 1 aliphatic rings. The number of aromatic amines is 1. The number of anilines is 2. The number of benzene rings is 1. The van der Waals surface area contributed by atoms with Gasteiger partial charge in [-0.3, -0.25) is 9.36 Å². The van der Waals surface area contributed by atoms with E-state index in [0.29, 0.717) is 17.0 Å². The lowest BCUT2D eigenvalue weighted by Gasteiger charge is -2.17. The molecule has 3 aromatic heterocycles. The van der Waals surface area contributed by atoms with Gasteiger partial charge in [-0.05, 0) is 37.1 Å². The summed E-state index contributed by atoms with van der Waals surface area (Å²) in [5.74, 6) is 0.428. The van der Waals surface area contributed by atoms with Crippen LogP contribution in [0.4, 0.5) is 11.6 Å². The minimum absolute atomic E-state index is 0.0826. The van der Waals surface area contributed by atoms with Crippen LogP contribution in [0.2, 0.25) is 0 Å². The molecule has 0 amide bonds. The maximum absolute atomic E-state index is 12.9. The number of hydrogen-bond donors (Lipinski definition) is 2. The molecule has 7 heteroatoms. The van der Waals surface area contributed by atoms with Crippen molar-refractivity contribution in [3.05, 3.63) is 58.6 Å². The van der Waals surface area contributed by atoms with Gasteiger partial charge in [-0.25, -0.2) is 4.98 Å². The second-order valence-corrected chi connectivity index (χ2v) is 7.13. The zero-order chi connectivity index (χ0) is 19.1. The lowest BCUT2D eigenvalue weighted by Crippen LogP contribution is -2.26. The number of nitriles is 1. The Balaban J connectivity index is 1.66. The zero-order valence-electron chi connectivity index (χ0n) is 15.1. The molecule has 0 bridgehead atoms. The predicted molar refractivity (Wildman–Crippen MR) is 108 cm³/mol. The zero-order valence-corrected chi connectivity index (χ0v) is 15.1. The molecule has 28 heavy (non-hydrogen) atoms. The molecule has 7 nitrogen and oxygen atoms in total. The molecule has 1 saturated carbocycles. The maximum atomic E-state index is 12.9. The van der Waals surface area contributed by atoms with Crippen molar-refractivity contribution in [3.8, 4) is 6.07 Å². The van der Waals surface area contributed by atoms with Crippen LogP contribution in [0.1, 0.15) is 37.3 Å². The number of rotatable bonds is 3. The van der Waals surface area contributed by atoms with E-state index in [1.807, 2.05) is 36.5 Å². The summed E-state index contributed by atoms with van der Waals surface area (Å²) in [7, 11) is 0. The van der Waals surface area contributed by atoms with Crippen LogP contribution < -0.4 is 10.9 Å². The molecule has 5 rings (SSSR count). The number of pyridine rings is 1. The van der Waals surface area contributed by atoms with Gasteiger partial charge < -0.3 is 10.3 Å². The molecular formula is C21H18N6O. The summed E-state index contributed by atoms with van der Waals surface area (Å²) in [5, 5.41) is 14.4. The third-order valence-corrected chi connectivity index (χ3v) is 5.42. The Bertz CT molecular complexity index is 1290. The Morgan fingerprint density at radius 1 is 1.25 bits per heavy atom. The summed E-state index contributed by atoms with van der Waals surface area (Å²) < 4.78 is 1.70. The van der Waals surface area contributed by atoms with Crippen LogP contribution in [0.15, 0.2) is 47.5 Å². The van der Waals surface area contributed by atoms with E-state index >= 15 is 0 Å². The molecule has 1 fully saturated rings. The summed E-state index contributed by atoms with van der Waals surface area (Å²) in [6, 6.07) is 11.6. The minimum Gasteiger partial charge on any atom is -0.361 e. The van der Waals surface area contributed by atoms with Crippen LogP contribution in [0.25, 0.3) is 21.9 Å². The van der Waals surface area contributed by atoms with E-state index < -0.39 is 0 Å². The van der Waals surface area contributed by atoms with Crippen molar-refractivity contribution in [1.82, 2.24) is 19.5 Å². The van der Waals surface area contributed by atoms with Gasteiger partial charge in [-0.2, -0.15) is 10.2 Å². The van der Waals surface area contributed by atoms with Crippen molar-refractivity contribution in [1.29, 1.82) is 5.26 Å². The van der Waals surface area contributed by atoms with Crippen LogP contribution in [0, 0.1) is 11.3 Å². The van der Waals surface area contributed by atoms with Crippen molar-refractivity contribution in [2.45, 2.75) is 31.7 Å². The highest BCUT2D eigenvalue weighted by atomic mass is 16.1. The van der Waals surface area contributed by atoms with Crippen LogP contribution in [0.3, 0.4) is 0 Å². The van der Waals surface area contributed by atoms with Gasteiger partial charge in [0.25, 0.3) is 5.56 Å². The standard InChI is InChI=1S/C21H18N6O/c22-11-13-10-14-12-24-21(25-18-7-3-6-17-16(18)8-9-23-17)26-19(14)27(20(13)28)15-4-1-2-5-15/h3,6-10,12,15,23H,1-2,4-5H2,(H,24,25,26). The molecule has 1 aliphatic carbocycles. The van der Waals surface area contributed by atoms with Crippen molar-refractivity contribution >= 4 is 33.6 Å². The fraction of sp³-hybridized carbons (Fsp3) is 0.238. The number of fused-ring (bicyclic) bond motifs is 2. The molecule has 0 aliphatic heterocycles. The highest BCUT2D eigenvalue weighted by Gasteiger charge is 2.22. The lowest BCUT2D eigenvalue weighted by molar-refractivity contribution is 0.515. The largest absolute Gasteiger partial charge is 0.361 e. The molecule has 138 valence electrons. The van der Waals surface area contributed by atoms with E-state index in [2.05, 4.69) is 20.3 Å². The first kappa shape index (κ1) is 16.5. The maximum Gasteiger partial charge on any atom is 0.270 e. The normalized spacial score (nSPS) is 14.5. The van der Waals surface area contributed by atoms with Gasteiger partial charge in [-0.15, -0.1) is 0 Å². The first-order valence-corrected chi connectivity index (χ1v) is 9.40. The molecule has 0 saturated heterocycles. The smallest absolute Gasteiger partial charge is 0.270 e. The molecular weight excluding hydrogens is 352 g/mol. The Morgan fingerprint density at radius 2 is 2.11 bits per heavy atom. The van der Waals surface area contributed by atoms with E-state index in [-0.39, 0.29) is 17.2 Å². The van der Waals surface area contributed by atoms with Gasteiger partial charge in [0.15, 0.2) is 0 Å². The molecule has 0 spiro atoms. The van der Waals surface area contributed by atoms with E-state index in [4.69, 9.17) is 0 Å². The number of H-pyrrole nitrogens is 1. The van der Waals surface area contributed by atoms with Crippen LogP contribution in [-0.2, 0) is 0 Å². The van der Waals surface area contributed by atoms with Crippen LogP contribution in [-0.4, -0.2) is 19.5 Å². The van der Waals surface area contributed by atoms with E-state index in [0.717, 1.165) is 42.3 Å². The third-order valence-electron chi connectivity index (χ3n) is 5.42. The van der Waals surface area contributed by atoms with Gasteiger partial charge >= 0.3 is 0 Å².